The first-order valence-corrected chi connectivity index (χ1v) is 6.00. The van der Waals surface area contributed by atoms with Crippen molar-refractivity contribution in [1.82, 2.24) is 0 Å². The van der Waals surface area contributed by atoms with E-state index in [2.05, 4.69) is 35.3 Å². The molecule has 3 aromatic carbocycles. The van der Waals surface area contributed by atoms with Gasteiger partial charge in [-0.05, 0) is 17.0 Å². The number of aliphatic imine (C=N–C) groups is 1. The first-order valence-electron chi connectivity index (χ1n) is 6.00. The monoisotopic (exact) mass is 231 g/mol. The fraction of sp³-hybridized carbons (Fsp3) is 0. The van der Waals surface area contributed by atoms with Gasteiger partial charge in [0.25, 0.3) is 0 Å². The highest BCUT2D eigenvalue weighted by molar-refractivity contribution is 5.95. The minimum Gasteiger partial charge on any atom is -0.256 e. The molecule has 0 aliphatic heterocycles. The van der Waals surface area contributed by atoms with Crippen LogP contribution in [0.15, 0.2) is 77.8 Å². The molecule has 0 unspecified atom stereocenters. The summed E-state index contributed by atoms with van der Waals surface area (Å²) in [5, 5.41) is 2.41. The van der Waals surface area contributed by atoms with E-state index in [1.54, 1.807) is 0 Å². The van der Waals surface area contributed by atoms with E-state index in [0.717, 1.165) is 11.3 Å². The van der Waals surface area contributed by atoms with E-state index in [4.69, 9.17) is 0 Å². The van der Waals surface area contributed by atoms with Crippen LogP contribution in [0.1, 0.15) is 5.56 Å². The first kappa shape index (κ1) is 10.7. The molecule has 0 N–H and O–H groups in total. The van der Waals surface area contributed by atoms with Gasteiger partial charge >= 0.3 is 0 Å². The highest BCUT2D eigenvalue weighted by Crippen LogP contribution is 2.25. The molecular weight excluding hydrogens is 218 g/mol. The lowest BCUT2D eigenvalue weighted by Crippen LogP contribution is -1.79. The van der Waals surface area contributed by atoms with Gasteiger partial charge in [-0.3, -0.25) is 4.99 Å². The van der Waals surface area contributed by atoms with Crippen molar-refractivity contribution in [2.75, 3.05) is 0 Å². The lowest BCUT2D eigenvalue weighted by Gasteiger charge is -2.01. The Balaban J connectivity index is 2.03. The Morgan fingerprint density at radius 1 is 0.667 bits per heavy atom. The summed E-state index contributed by atoms with van der Waals surface area (Å²) >= 11 is 0. The Hall–Kier alpha value is -2.41. The average Bonchev–Trinajstić information content (AvgIpc) is 2.46. The molecule has 0 aliphatic carbocycles. The molecule has 0 aliphatic rings. The number of nitrogens with zero attached hydrogens (tertiary/aromatic N) is 1. The maximum atomic E-state index is 4.58. The van der Waals surface area contributed by atoms with Crippen molar-refractivity contribution in [3.8, 4) is 0 Å². The van der Waals surface area contributed by atoms with Crippen molar-refractivity contribution in [1.29, 1.82) is 0 Å². The van der Waals surface area contributed by atoms with Gasteiger partial charge in [0.05, 0.1) is 5.69 Å². The Kier molecular flexibility index (Phi) is 2.89. The normalized spacial score (nSPS) is 11.1. The van der Waals surface area contributed by atoms with Gasteiger partial charge < -0.3 is 0 Å². The molecule has 0 aromatic heterocycles. The van der Waals surface area contributed by atoms with Crippen LogP contribution in [-0.2, 0) is 0 Å². The van der Waals surface area contributed by atoms with E-state index in [1.165, 1.54) is 10.8 Å². The van der Waals surface area contributed by atoms with E-state index in [9.17, 15) is 0 Å². The second-order valence-electron chi connectivity index (χ2n) is 4.17. The van der Waals surface area contributed by atoms with Crippen LogP contribution in [0.3, 0.4) is 0 Å². The smallest absolute Gasteiger partial charge is 0.0708 e. The van der Waals surface area contributed by atoms with Crippen molar-refractivity contribution in [2.24, 2.45) is 4.99 Å². The van der Waals surface area contributed by atoms with E-state index < -0.39 is 0 Å². The quantitative estimate of drug-likeness (QED) is 0.572. The van der Waals surface area contributed by atoms with E-state index in [1.807, 2.05) is 48.7 Å². The average molecular weight is 231 g/mol. The molecule has 0 heterocycles. The Morgan fingerprint density at radius 3 is 2.28 bits per heavy atom. The van der Waals surface area contributed by atoms with Gasteiger partial charge in [-0.25, -0.2) is 0 Å². The molecule has 3 rings (SSSR count). The van der Waals surface area contributed by atoms with Crippen LogP contribution in [0.2, 0.25) is 0 Å². The number of fused-ring (bicyclic) bond motifs is 1. The lowest BCUT2D eigenvalue weighted by atomic mass is 10.1. The van der Waals surface area contributed by atoms with E-state index in [-0.39, 0.29) is 0 Å². The van der Waals surface area contributed by atoms with E-state index >= 15 is 0 Å². The Bertz CT molecular complexity index is 679. The van der Waals surface area contributed by atoms with Gasteiger partial charge in [0, 0.05) is 11.6 Å². The third-order valence-corrected chi connectivity index (χ3v) is 2.92. The van der Waals surface area contributed by atoms with Crippen LogP contribution in [0.25, 0.3) is 10.8 Å². The van der Waals surface area contributed by atoms with Crippen LogP contribution in [0, 0.1) is 0 Å². The minimum absolute atomic E-state index is 1.01. The summed E-state index contributed by atoms with van der Waals surface area (Å²) in [7, 11) is 0. The SMILES string of the molecule is C(=Nc1cccc2ccccc12)c1ccccc1. The number of rotatable bonds is 2. The molecular formula is C17H13N. The summed E-state index contributed by atoms with van der Waals surface area (Å²) in [6, 6.07) is 24.6. The lowest BCUT2D eigenvalue weighted by molar-refractivity contribution is 1.56. The second kappa shape index (κ2) is 4.84. The molecule has 0 atom stereocenters. The summed E-state index contributed by atoms with van der Waals surface area (Å²) in [5.41, 5.74) is 2.13. The van der Waals surface area contributed by atoms with E-state index in [0.29, 0.717) is 0 Å². The summed E-state index contributed by atoms with van der Waals surface area (Å²) in [4.78, 5) is 4.58. The molecule has 86 valence electrons. The molecule has 1 nitrogen and oxygen atoms in total. The number of benzene rings is 3. The number of hydrogen-bond acceptors (Lipinski definition) is 1. The van der Waals surface area contributed by atoms with Crippen molar-refractivity contribution in [3.63, 3.8) is 0 Å². The molecule has 0 radical (unpaired) electrons. The zero-order chi connectivity index (χ0) is 12.2. The van der Waals surface area contributed by atoms with Gasteiger partial charge in [0.2, 0.25) is 0 Å². The zero-order valence-electron chi connectivity index (χ0n) is 9.95. The summed E-state index contributed by atoms with van der Waals surface area (Å²) in [6.45, 7) is 0. The number of hydrogen-bond donors (Lipinski definition) is 0. The maximum absolute atomic E-state index is 4.58. The fourth-order valence-electron chi connectivity index (χ4n) is 2.00. The van der Waals surface area contributed by atoms with Crippen LogP contribution in [0.4, 0.5) is 5.69 Å². The van der Waals surface area contributed by atoms with Crippen molar-refractivity contribution >= 4 is 22.7 Å². The molecule has 0 saturated carbocycles. The predicted molar refractivity (Wildman–Crippen MR) is 77.6 cm³/mol. The Labute approximate surface area is 106 Å². The second-order valence-corrected chi connectivity index (χ2v) is 4.17. The van der Waals surface area contributed by atoms with Gasteiger partial charge in [0.1, 0.15) is 0 Å². The zero-order valence-corrected chi connectivity index (χ0v) is 9.95. The molecule has 18 heavy (non-hydrogen) atoms. The van der Waals surface area contributed by atoms with Gasteiger partial charge in [-0.1, -0.05) is 66.7 Å². The van der Waals surface area contributed by atoms with Gasteiger partial charge in [-0.15, -0.1) is 0 Å². The van der Waals surface area contributed by atoms with Crippen molar-refractivity contribution < 1.29 is 0 Å². The van der Waals surface area contributed by atoms with Gasteiger partial charge in [-0.2, -0.15) is 0 Å². The molecule has 1 heteroatoms. The first-order chi connectivity index (χ1) is 8.93. The topological polar surface area (TPSA) is 12.4 Å². The molecule has 0 spiro atoms. The molecule has 0 saturated heterocycles. The van der Waals surface area contributed by atoms with Crippen LogP contribution in [-0.4, -0.2) is 6.21 Å². The molecule has 0 amide bonds. The van der Waals surface area contributed by atoms with Crippen LogP contribution >= 0.6 is 0 Å². The molecule has 0 bridgehead atoms. The molecule has 0 fully saturated rings. The standard InChI is InChI=1S/C17H13N/c1-2-7-14(8-3-1)13-18-17-12-6-10-15-9-4-5-11-16(15)17/h1-13H. The third kappa shape index (κ3) is 2.16. The largest absolute Gasteiger partial charge is 0.256 e. The van der Waals surface area contributed by atoms with Crippen LogP contribution in [0.5, 0.6) is 0 Å². The summed E-state index contributed by atoms with van der Waals surface area (Å²) in [5.74, 6) is 0. The van der Waals surface area contributed by atoms with Crippen molar-refractivity contribution in [3.05, 3.63) is 78.4 Å². The fourth-order valence-corrected chi connectivity index (χ4v) is 2.00. The predicted octanol–water partition coefficient (Wildman–Crippen LogP) is 4.59. The Morgan fingerprint density at radius 2 is 1.39 bits per heavy atom. The minimum atomic E-state index is 1.01. The summed E-state index contributed by atoms with van der Waals surface area (Å²) < 4.78 is 0. The van der Waals surface area contributed by atoms with Crippen LogP contribution < -0.4 is 0 Å². The highest BCUT2D eigenvalue weighted by Gasteiger charge is 1.96. The molecule has 3 aromatic rings. The third-order valence-electron chi connectivity index (χ3n) is 2.92. The summed E-state index contributed by atoms with van der Waals surface area (Å²) in [6.07, 6.45) is 1.90. The van der Waals surface area contributed by atoms with Gasteiger partial charge in [0.15, 0.2) is 0 Å². The highest BCUT2D eigenvalue weighted by atomic mass is 14.7. The van der Waals surface area contributed by atoms with Crippen molar-refractivity contribution in [2.45, 2.75) is 0 Å². The maximum Gasteiger partial charge on any atom is 0.0708 e.